The largest absolute Gasteiger partial charge is 0.497 e. The summed E-state index contributed by atoms with van der Waals surface area (Å²) in [5, 5.41) is 25.5. The minimum Gasteiger partial charge on any atom is -0.497 e. The van der Waals surface area contributed by atoms with Gasteiger partial charge in [-0.1, -0.05) is 88.5 Å². The Labute approximate surface area is 299 Å². The second kappa shape index (κ2) is 13.8. The fourth-order valence-electron chi connectivity index (χ4n) is 7.64. The van der Waals surface area contributed by atoms with Gasteiger partial charge in [0.25, 0.3) is 5.56 Å². The number of hydrogen-bond acceptors (Lipinski definition) is 8. The van der Waals surface area contributed by atoms with Crippen LogP contribution in [0.3, 0.4) is 0 Å². The van der Waals surface area contributed by atoms with Crippen LogP contribution in [0.5, 0.6) is 11.5 Å². The molecule has 1 aliphatic rings. The minimum atomic E-state index is -2.93. The average Bonchev–Trinajstić information content (AvgIpc) is 3.41. The smallest absolute Gasteiger partial charge is 0.330 e. The van der Waals surface area contributed by atoms with E-state index in [1.165, 1.54) is 22.5 Å². The standard InChI is InChI=1S/C39H50N2O7SSi/c1-26-24-41(35(44)40-33(26)42)32-23-38(45,50(8,9)36(2,3)4)37(48-32,25-49-7)34(43)39(27-13-11-10-12-14-27,28-15-19-30(46-5)20-16-28)29-17-21-31(47-6)22-18-29/h10-22,24,32,34,43,45H,23,25H2,1-9H3,(H,40,42,44)/t32-,34?,37-,38-/m1/s1. The highest BCUT2D eigenvalue weighted by Crippen LogP contribution is 2.61. The first-order valence-corrected chi connectivity index (χ1v) is 21.2. The number of aliphatic hydroxyl groups excluding tert-OH is 1. The van der Waals surface area contributed by atoms with Gasteiger partial charge in [0.05, 0.1) is 32.9 Å². The Kier molecular flexibility index (Phi) is 10.4. The fourth-order valence-corrected chi connectivity index (χ4v) is 11.9. The number of methoxy groups -OCH3 is 2. The molecule has 0 saturated carbocycles. The Morgan fingerprint density at radius 1 is 0.940 bits per heavy atom. The van der Waals surface area contributed by atoms with E-state index in [2.05, 4.69) is 38.8 Å². The molecule has 1 saturated heterocycles. The molecule has 0 radical (unpaired) electrons. The highest BCUT2D eigenvalue weighted by atomic mass is 32.2. The summed E-state index contributed by atoms with van der Waals surface area (Å²) in [6.07, 6.45) is 1.03. The van der Waals surface area contributed by atoms with Crippen LogP contribution >= 0.6 is 11.8 Å². The van der Waals surface area contributed by atoms with Gasteiger partial charge < -0.3 is 24.4 Å². The van der Waals surface area contributed by atoms with Gasteiger partial charge in [0.2, 0.25) is 0 Å². The Bertz CT molecular complexity index is 1860. The molecule has 3 N–H and O–H groups in total. The highest BCUT2D eigenvalue weighted by molar-refractivity contribution is 7.98. The molecule has 50 heavy (non-hydrogen) atoms. The number of nitrogens with zero attached hydrogens (tertiary/aromatic N) is 1. The molecule has 4 atom stereocenters. The van der Waals surface area contributed by atoms with Crippen LogP contribution in [0.15, 0.2) is 94.6 Å². The maximum atomic E-state index is 13.8. The lowest BCUT2D eigenvalue weighted by molar-refractivity contribution is -0.176. The zero-order valence-corrected chi connectivity index (χ0v) is 32.3. The molecule has 2 heterocycles. The number of aryl methyl sites for hydroxylation is 1. The van der Waals surface area contributed by atoms with Gasteiger partial charge in [-0.2, -0.15) is 11.8 Å². The fraction of sp³-hybridized carbons (Fsp3) is 0.436. The van der Waals surface area contributed by atoms with Crippen molar-refractivity contribution in [2.75, 3.05) is 26.2 Å². The first kappa shape index (κ1) is 37.6. The summed E-state index contributed by atoms with van der Waals surface area (Å²) < 4.78 is 19.6. The van der Waals surface area contributed by atoms with Gasteiger partial charge in [-0.25, -0.2) is 4.79 Å². The van der Waals surface area contributed by atoms with Crippen LogP contribution in [-0.4, -0.2) is 71.0 Å². The lowest BCUT2D eigenvalue weighted by Gasteiger charge is -2.58. The van der Waals surface area contributed by atoms with Crippen LogP contribution in [0.2, 0.25) is 18.1 Å². The maximum Gasteiger partial charge on any atom is 0.330 e. The number of H-pyrrole nitrogens is 1. The highest BCUT2D eigenvalue weighted by Gasteiger charge is 2.73. The summed E-state index contributed by atoms with van der Waals surface area (Å²) >= 11 is 1.47. The molecule has 4 aromatic rings. The monoisotopic (exact) mass is 718 g/mol. The second-order valence-electron chi connectivity index (χ2n) is 14.8. The maximum absolute atomic E-state index is 13.8. The Morgan fingerprint density at radius 3 is 1.90 bits per heavy atom. The minimum absolute atomic E-state index is 0.0304. The number of hydrogen-bond donors (Lipinski definition) is 3. The third kappa shape index (κ3) is 5.86. The summed E-state index contributed by atoms with van der Waals surface area (Å²) in [6, 6.07) is 25.0. The molecule has 1 aromatic heterocycles. The Balaban J connectivity index is 1.93. The van der Waals surface area contributed by atoms with Crippen molar-refractivity contribution in [2.45, 2.75) is 80.8 Å². The third-order valence-electron chi connectivity index (χ3n) is 11.4. The first-order valence-electron chi connectivity index (χ1n) is 16.8. The Hall–Kier alpha value is -3.61. The van der Waals surface area contributed by atoms with Crippen LogP contribution in [-0.2, 0) is 10.2 Å². The van der Waals surface area contributed by atoms with Crippen molar-refractivity contribution in [2.24, 2.45) is 0 Å². The van der Waals surface area contributed by atoms with E-state index in [1.807, 2.05) is 85.1 Å². The number of nitrogens with one attached hydrogen (secondary N) is 1. The van der Waals surface area contributed by atoms with Gasteiger partial charge >= 0.3 is 5.69 Å². The summed E-state index contributed by atoms with van der Waals surface area (Å²) in [6.45, 7) is 12.2. The zero-order valence-electron chi connectivity index (χ0n) is 30.4. The molecule has 0 spiro atoms. The van der Waals surface area contributed by atoms with E-state index < -0.39 is 47.9 Å². The second-order valence-corrected chi connectivity index (χ2v) is 21.3. The molecule has 1 aliphatic heterocycles. The van der Waals surface area contributed by atoms with Crippen molar-refractivity contribution < 1.29 is 24.4 Å². The van der Waals surface area contributed by atoms with Crippen LogP contribution in [0.4, 0.5) is 0 Å². The van der Waals surface area contributed by atoms with Gasteiger partial charge in [-0.3, -0.25) is 14.3 Å². The predicted octanol–water partition coefficient (Wildman–Crippen LogP) is 6.06. The average molecular weight is 719 g/mol. The number of thioether (sulfide) groups is 1. The van der Waals surface area contributed by atoms with Crippen molar-refractivity contribution in [3.8, 4) is 11.5 Å². The molecule has 5 rings (SSSR count). The van der Waals surface area contributed by atoms with Gasteiger partial charge in [0, 0.05) is 23.9 Å². The van der Waals surface area contributed by atoms with Crippen LogP contribution in [0.1, 0.15) is 55.7 Å². The Morgan fingerprint density at radius 2 is 1.44 bits per heavy atom. The molecular weight excluding hydrogens is 669 g/mol. The molecule has 1 fully saturated rings. The molecule has 11 heteroatoms. The van der Waals surface area contributed by atoms with Gasteiger partial charge in [0.1, 0.15) is 29.4 Å². The molecule has 0 aliphatic carbocycles. The summed E-state index contributed by atoms with van der Waals surface area (Å²) in [7, 11) is 0.288. The third-order valence-corrected chi connectivity index (χ3v) is 18.6. The summed E-state index contributed by atoms with van der Waals surface area (Å²) in [5.41, 5.74) is -1.45. The van der Waals surface area contributed by atoms with Gasteiger partial charge in [-0.15, -0.1) is 0 Å². The van der Waals surface area contributed by atoms with Crippen LogP contribution < -0.4 is 20.7 Å². The topological polar surface area (TPSA) is 123 Å². The number of aliphatic hydroxyl groups is 2. The number of aromatic amines is 1. The molecule has 268 valence electrons. The molecule has 0 bridgehead atoms. The first-order chi connectivity index (χ1) is 23.5. The number of rotatable bonds is 11. The van der Waals surface area contributed by atoms with E-state index in [-0.39, 0.29) is 17.2 Å². The van der Waals surface area contributed by atoms with E-state index >= 15 is 0 Å². The molecule has 1 unspecified atom stereocenters. The predicted molar refractivity (Wildman–Crippen MR) is 202 cm³/mol. The lowest BCUT2D eigenvalue weighted by Crippen LogP contribution is -2.76. The number of benzene rings is 3. The molecule has 3 aromatic carbocycles. The number of ether oxygens (including phenoxy) is 3. The SMILES string of the molecule is COc1ccc(C(c2ccccc2)(c2ccc(OC)cc2)C(O)[C@@]2(CSC)O[C@@H](n3cc(C)c(=O)[nH]c3=O)C[C@@]2(O)[Si](C)(C)C(C)(C)C)cc1. The van der Waals surface area contributed by atoms with Crippen molar-refractivity contribution in [3.63, 3.8) is 0 Å². The van der Waals surface area contributed by atoms with Crippen molar-refractivity contribution >= 4 is 19.8 Å². The van der Waals surface area contributed by atoms with E-state index in [4.69, 9.17) is 14.2 Å². The van der Waals surface area contributed by atoms with E-state index in [1.54, 1.807) is 21.1 Å². The van der Waals surface area contributed by atoms with Crippen molar-refractivity contribution in [1.29, 1.82) is 0 Å². The number of aromatic nitrogens is 2. The van der Waals surface area contributed by atoms with E-state index in [9.17, 15) is 19.8 Å². The quantitative estimate of drug-likeness (QED) is 0.127. The van der Waals surface area contributed by atoms with Crippen LogP contribution in [0.25, 0.3) is 0 Å². The van der Waals surface area contributed by atoms with E-state index in [0.29, 0.717) is 17.1 Å². The van der Waals surface area contributed by atoms with Crippen molar-refractivity contribution in [3.05, 3.63) is 128 Å². The van der Waals surface area contributed by atoms with Crippen molar-refractivity contribution in [1.82, 2.24) is 9.55 Å². The van der Waals surface area contributed by atoms with E-state index in [0.717, 1.165) is 16.7 Å². The molecular formula is C39H50N2O7SSi. The summed E-state index contributed by atoms with van der Waals surface area (Å²) in [5.74, 6) is 1.51. The lowest BCUT2D eigenvalue weighted by atomic mass is 9.61. The van der Waals surface area contributed by atoms with Crippen LogP contribution in [0, 0.1) is 6.92 Å². The van der Waals surface area contributed by atoms with Gasteiger partial charge in [0.15, 0.2) is 0 Å². The van der Waals surface area contributed by atoms with Gasteiger partial charge in [-0.05, 0) is 59.2 Å². The molecule has 9 nitrogen and oxygen atoms in total. The zero-order chi connectivity index (χ0) is 36.7. The normalized spacial score (nSPS) is 21.9. The molecule has 0 amide bonds. The summed E-state index contributed by atoms with van der Waals surface area (Å²) in [4.78, 5) is 28.3.